The second kappa shape index (κ2) is 5.83. The first-order valence-electron chi connectivity index (χ1n) is 6.64. The van der Waals surface area contributed by atoms with E-state index in [2.05, 4.69) is 36.7 Å². The molecule has 0 radical (unpaired) electrons. The second-order valence-corrected chi connectivity index (χ2v) is 5.85. The van der Waals surface area contributed by atoms with E-state index in [1.807, 2.05) is 11.3 Å². The number of nitrogens with one attached hydrogen (secondary N) is 1. The largest absolute Gasteiger partial charge is 0.306 e. The van der Waals surface area contributed by atoms with Crippen LogP contribution in [0.25, 0.3) is 0 Å². The van der Waals surface area contributed by atoms with Crippen molar-refractivity contribution in [2.75, 3.05) is 0 Å². The lowest BCUT2D eigenvalue weighted by atomic mass is 10.0. The van der Waals surface area contributed by atoms with Gasteiger partial charge < -0.3 is 5.32 Å². The maximum atomic E-state index is 3.88. The highest BCUT2D eigenvalue weighted by atomic mass is 32.1. The van der Waals surface area contributed by atoms with Crippen LogP contribution in [-0.4, -0.2) is 6.04 Å². The van der Waals surface area contributed by atoms with E-state index in [0.29, 0.717) is 6.04 Å². The molecule has 1 N–H and O–H groups in total. The Bertz CT molecular complexity index is 290. The molecule has 1 nitrogen and oxygen atoms in total. The van der Waals surface area contributed by atoms with Crippen LogP contribution in [0.1, 0.15) is 56.9 Å². The van der Waals surface area contributed by atoms with Crippen LogP contribution in [0.4, 0.5) is 0 Å². The normalized spacial score (nSPS) is 19.6. The lowest BCUT2D eigenvalue weighted by molar-refractivity contribution is 0.377. The fourth-order valence-electron chi connectivity index (χ4n) is 2.43. The van der Waals surface area contributed by atoms with Gasteiger partial charge >= 0.3 is 0 Å². The molecular formula is C14H23NS. The lowest BCUT2D eigenvalue weighted by Gasteiger charge is -2.24. The molecule has 0 bridgehead atoms. The summed E-state index contributed by atoms with van der Waals surface area (Å²) < 4.78 is 0. The Hall–Kier alpha value is -0.340. The quantitative estimate of drug-likeness (QED) is 0.742. The van der Waals surface area contributed by atoms with E-state index in [9.17, 15) is 0 Å². The highest BCUT2D eigenvalue weighted by Gasteiger charge is 2.31. The SMILES string of the molecule is CCCC(NC(CC)C1CC1)c1cccs1. The van der Waals surface area contributed by atoms with Gasteiger partial charge in [-0.05, 0) is 43.0 Å². The van der Waals surface area contributed by atoms with Crippen LogP contribution in [0.5, 0.6) is 0 Å². The van der Waals surface area contributed by atoms with Crippen molar-refractivity contribution >= 4 is 11.3 Å². The van der Waals surface area contributed by atoms with E-state index in [0.717, 1.165) is 12.0 Å². The van der Waals surface area contributed by atoms with Crippen LogP contribution in [0, 0.1) is 5.92 Å². The molecule has 2 heteroatoms. The molecule has 2 rings (SSSR count). The predicted octanol–water partition coefficient (Wildman–Crippen LogP) is 4.37. The minimum Gasteiger partial charge on any atom is -0.306 e. The summed E-state index contributed by atoms with van der Waals surface area (Å²) in [4.78, 5) is 1.51. The van der Waals surface area contributed by atoms with E-state index >= 15 is 0 Å². The smallest absolute Gasteiger partial charge is 0.0416 e. The van der Waals surface area contributed by atoms with Gasteiger partial charge in [0.2, 0.25) is 0 Å². The molecule has 0 spiro atoms. The first kappa shape index (κ1) is 12.1. The van der Waals surface area contributed by atoms with Crippen LogP contribution < -0.4 is 5.32 Å². The highest BCUT2D eigenvalue weighted by Crippen LogP contribution is 2.36. The van der Waals surface area contributed by atoms with Crippen LogP contribution in [0.15, 0.2) is 17.5 Å². The zero-order valence-electron chi connectivity index (χ0n) is 10.4. The molecule has 1 aromatic heterocycles. The fourth-order valence-corrected chi connectivity index (χ4v) is 3.25. The number of hydrogen-bond acceptors (Lipinski definition) is 2. The van der Waals surface area contributed by atoms with E-state index < -0.39 is 0 Å². The van der Waals surface area contributed by atoms with E-state index in [-0.39, 0.29) is 0 Å². The predicted molar refractivity (Wildman–Crippen MR) is 71.9 cm³/mol. The zero-order chi connectivity index (χ0) is 11.4. The fraction of sp³-hybridized carbons (Fsp3) is 0.714. The lowest BCUT2D eigenvalue weighted by Crippen LogP contribution is -2.33. The molecule has 16 heavy (non-hydrogen) atoms. The standard InChI is InChI=1S/C14H23NS/c1-3-6-13(14-7-5-10-16-14)15-12(4-2)11-8-9-11/h5,7,10-13,15H,3-4,6,8-9H2,1-2H3. The monoisotopic (exact) mass is 237 g/mol. The molecule has 2 unspecified atom stereocenters. The summed E-state index contributed by atoms with van der Waals surface area (Å²) in [6.45, 7) is 4.59. The van der Waals surface area contributed by atoms with Gasteiger partial charge in [0, 0.05) is 17.0 Å². The first-order valence-corrected chi connectivity index (χ1v) is 7.52. The van der Waals surface area contributed by atoms with E-state index in [1.54, 1.807) is 0 Å². The molecule has 1 aliphatic carbocycles. The molecule has 1 fully saturated rings. The van der Waals surface area contributed by atoms with Crippen molar-refractivity contribution in [3.05, 3.63) is 22.4 Å². The van der Waals surface area contributed by atoms with Crippen LogP contribution >= 0.6 is 11.3 Å². The van der Waals surface area contributed by atoms with Gasteiger partial charge in [-0.2, -0.15) is 0 Å². The Kier molecular flexibility index (Phi) is 4.42. The molecule has 0 amide bonds. The van der Waals surface area contributed by atoms with E-state index in [4.69, 9.17) is 0 Å². The molecule has 2 atom stereocenters. The van der Waals surface area contributed by atoms with Crippen LogP contribution in [0.3, 0.4) is 0 Å². The third kappa shape index (κ3) is 3.08. The van der Waals surface area contributed by atoms with Crippen molar-refractivity contribution in [2.24, 2.45) is 5.92 Å². The Labute approximate surface area is 103 Å². The highest BCUT2D eigenvalue weighted by molar-refractivity contribution is 7.10. The number of hydrogen-bond donors (Lipinski definition) is 1. The molecule has 1 heterocycles. The van der Waals surface area contributed by atoms with Gasteiger partial charge in [-0.15, -0.1) is 11.3 Å². The van der Waals surface area contributed by atoms with Gasteiger partial charge in [-0.1, -0.05) is 26.3 Å². The van der Waals surface area contributed by atoms with Gasteiger partial charge in [0.25, 0.3) is 0 Å². The van der Waals surface area contributed by atoms with Gasteiger partial charge in [0.05, 0.1) is 0 Å². The molecule has 1 aromatic rings. The van der Waals surface area contributed by atoms with Gasteiger partial charge in [0.1, 0.15) is 0 Å². The summed E-state index contributed by atoms with van der Waals surface area (Å²) in [5.41, 5.74) is 0. The van der Waals surface area contributed by atoms with Gasteiger partial charge in [0.15, 0.2) is 0 Å². The topological polar surface area (TPSA) is 12.0 Å². The summed E-state index contributed by atoms with van der Waals surface area (Å²) >= 11 is 1.89. The Morgan fingerprint density at radius 3 is 2.75 bits per heavy atom. The Morgan fingerprint density at radius 1 is 1.44 bits per heavy atom. The third-order valence-corrected chi connectivity index (χ3v) is 4.50. The van der Waals surface area contributed by atoms with Crippen LogP contribution in [-0.2, 0) is 0 Å². The summed E-state index contributed by atoms with van der Waals surface area (Å²) in [7, 11) is 0. The van der Waals surface area contributed by atoms with Crippen molar-refractivity contribution in [1.82, 2.24) is 5.32 Å². The average molecular weight is 237 g/mol. The molecular weight excluding hydrogens is 214 g/mol. The van der Waals surface area contributed by atoms with Crippen LogP contribution in [0.2, 0.25) is 0 Å². The maximum Gasteiger partial charge on any atom is 0.0416 e. The van der Waals surface area contributed by atoms with Crippen molar-refractivity contribution in [3.63, 3.8) is 0 Å². The third-order valence-electron chi connectivity index (χ3n) is 3.51. The zero-order valence-corrected chi connectivity index (χ0v) is 11.2. The van der Waals surface area contributed by atoms with Crippen molar-refractivity contribution in [2.45, 2.75) is 58.0 Å². The molecule has 0 aromatic carbocycles. The van der Waals surface area contributed by atoms with Crippen molar-refractivity contribution in [3.8, 4) is 0 Å². The molecule has 0 aliphatic heterocycles. The number of thiophene rings is 1. The van der Waals surface area contributed by atoms with E-state index in [1.165, 1.54) is 37.0 Å². The molecule has 1 saturated carbocycles. The summed E-state index contributed by atoms with van der Waals surface area (Å²) in [6.07, 6.45) is 6.68. The first-order chi connectivity index (χ1) is 7.85. The Balaban J connectivity index is 1.96. The summed E-state index contributed by atoms with van der Waals surface area (Å²) in [5, 5.41) is 6.07. The van der Waals surface area contributed by atoms with Gasteiger partial charge in [-0.25, -0.2) is 0 Å². The average Bonchev–Trinajstić information content (AvgIpc) is 2.99. The summed E-state index contributed by atoms with van der Waals surface area (Å²) in [5.74, 6) is 0.962. The Morgan fingerprint density at radius 2 is 2.25 bits per heavy atom. The molecule has 90 valence electrons. The minimum absolute atomic E-state index is 0.593. The van der Waals surface area contributed by atoms with Crippen molar-refractivity contribution in [1.29, 1.82) is 0 Å². The molecule has 1 aliphatic rings. The molecule has 0 saturated heterocycles. The van der Waals surface area contributed by atoms with Crippen molar-refractivity contribution < 1.29 is 0 Å². The minimum atomic E-state index is 0.593. The number of rotatable bonds is 7. The van der Waals surface area contributed by atoms with Gasteiger partial charge in [-0.3, -0.25) is 0 Å². The maximum absolute atomic E-state index is 3.88. The second-order valence-electron chi connectivity index (χ2n) is 4.88. The summed E-state index contributed by atoms with van der Waals surface area (Å²) in [6, 6.07) is 5.79.